The van der Waals surface area contributed by atoms with E-state index < -0.39 is 20.0 Å². The number of aromatic nitrogens is 6. The van der Waals surface area contributed by atoms with Gasteiger partial charge in [0.1, 0.15) is 30.5 Å². The van der Waals surface area contributed by atoms with Gasteiger partial charge in [-0.05, 0) is 61.9 Å². The van der Waals surface area contributed by atoms with Crippen LogP contribution in [0.5, 0.6) is 5.75 Å². The van der Waals surface area contributed by atoms with Crippen LogP contribution in [0, 0.1) is 0 Å². The van der Waals surface area contributed by atoms with Crippen LogP contribution in [-0.4, -0.2) is 82.4 Å². The maximum atomic E-state index is 14.0. The molecule has 49 heavy (non-hydrogen) atoms. The summed E-state index contributed by atoms with van der Waals surface area (Å²) in [5.41, 5.74) is 3.39. The van der Waals surface area contributed by atoms with Gasteiger partial charge in [0.25, 0.3) is 0 Å². The molecule has 5 aromatic rings. The zero-order valence-corrected chi connectivity index (χ0v) is 28.4. The Hall–Kier alpha value is -4.95. The Morgan fingerprint density at radius 2 is 1.45 bits per heavy atom. The molecule has 7 rings (SSSR count). The molecule has 13 nitrogen and oxygen atoms in total. The maximum absolute atomic E-state index is 14.0. The van der Waals surface area contributed by atoms with Crippen LogP contribution in [0.3, 0.4) is 0 Å². The second-order valence-electron chi connectivity index (χ2n) is 12.4. The molecule has 0 bridgehead atoms. The van der Waals surface area contributed by atoms with Gasteiger partial charge in [-0.2, -0.15) is 20.1 Å². The smallest absolute Gasteiger partial charge is 0.350 e. The van der Waals surface area contributed by atoms with Crippen molar-refractivity contribution in [1.29, 1.82) is 0 Å². The largest absolute Gasteiger partial charge is 0.492 e. The monoisotopic (exact) mass is 684 g/mol. The lowest BCUT2D eigenvalue weighted by atomic mass is 10.1. The van der Waals surface area contributed by atoms with Crippen molar-refractivity contribution in [3.63, 3.8) is 0 Å². The van der Waals surface area contributed by atoms with Gasteiger partial charge in [-0.15, -0.1) is 0 Å². The van der Waals surface area contributed by atoms with E-state index in [4.69, 9.17) is 9.47 Å². The van der Waals surface area contributed by atoms with E-state index in [-0.39, 0.29) is 31.5 Å². The molecular formula is C35H40N8O5S. The molecule has 1 unspecified atom stereocenters. The van der Waals surface area contributed by atoms with Gasteiger partial charge in [0.15, 0.2) is 9.84 Å². The van der Waals surface area contributed by atoms with E-state index in [9.17, 15) is 13.2 Å². The van der Waals surface area contributed by atoms with Gasteiger partial charge in [0.05, 0.1) is 30.7 Å². The highest BCUT2D eigenvalue weighted by atomic mass is 32.2. The van der Waals surface area contributed by atoms with Gasteiger partial charge in [0.2, 0.25) is 4.93 Å². The SMILES string of the molecule is CCC(C)n1ncn(-c2ccc(N3CCN(c4ccc(OC[C@@H]5CO[C@@](Cn6nccn6)(c6ccccc6)S5(=O)=O)cc4)CC3)cc2)c1=O. The summed E-state index contributed by atoms with van der Waals surface area (Å²) in [5.74, 6) is 0.595. The quantitative estimate of drug-likeness (QED) is 0.203. The van der Waals surface area contributed by atoms with E-state index in [1.54, 1.807) is 35.2 Å². The van der Waals surface area contributed by atoms with Crippen LogP contribution in [0.25, 0.3) is 5.69 Å². The van der Waals surface area contributed by atoms with Crippen LogP contribution in [0.4, 0.5) is 11.4 Å². The minimum atomic E-state index is -3.84. The highest BCUT2D eigenvalue weighted by Gasteiger charge is 2.57. The van der Waals surface area contributed by atoms with Crippen molar-refractivity contribution in [1.82, 2.24) is 29.3 Å². The first kappa shape index (κ1) is 32.6. The Morgan fingerprint density at radius 3 is 2.06 bits per heavy atom. The number of anilines is 2. The lowest BCUT2D eigenvalue weighted by molar-refractivity contribution is 0.0180. The van der Waals surface area contributed by atoms with E-state index in [0.29, 0.717) is 11.3 Å². The summed E-state index contributed by atoms with van der Waals surface area (Å²) >= 11 is 0. The first-order valence-electron chi connectivity index (χ1n) is 16.6. The molecule has 3 aromatic carbocycles. The third-order valence-corrected chi connectivity index (χ3v) is 12.1. The van der Waals surface area contributed by atoms with Crippen LogP contribution < -0.4 is 20.2 Å². The molecule has 0 amide bonds. The second kappa shape index (κ2) is 13.5. The molecule has 2 saturated heterocycles. The fraction of sp³-hybridized carbons (Fsp3) is 0.371. The van der Waals surface area contributed by atoms with Gasteiger partial charge in [-0.1, -0.05) is 37.3 Å². The Morgan fingerprint density at radius 1 is 0.857 bits per heavy atom. The van der Waals surface area contributed by atoms with Crippen molar-refractivity contribution in [2.75, 3.05) is 49.2 Å². The molecule has 0 spiro atoms. The van der Waals surface area contributed by atoms with Gasteiger partial charge >= 0.3 is 5.69 Å². The van der Waals surface area contributed by atoms with Crippen LogP contribution in [0.15, 0.2) is 102 Å². The van der Waals surface area contributed by atoms with Crippen molar-refractivity contribution in [2.45, 2.75) is 43.0 Å². The predicted octanol–water partition coefficient (Wildman–Crippen LogP) is 3.67. The first-order chi connectivity index (χ1) is 23.8. The van der Waals surface area contributed by atoms with Crippen molar-refractivity contribution in [3.05, 3.63) is 114 Å². The number of sulfone groups is 1. The number of hydrogen-bond acceptors (Lipinski definition) is 10. The Bertz CT molecular complexity index is 2010. The third kappa shape index (κ3) is 6.21. The van der Waals surface area contributed by atoms with Crippen LogP contribution in [0.2, 0.25) is 0 Å². The Kier molecular flexibility index (Phi) is 8.99. The number of hydrogen-bond donors (Lipinski definition) is 0. The maximum Gasteiger partial charge on any atom is 0.350 e. The molecule has 14 heteroatoms. The van der Waals surface area contributed by atoms with E-state index in [1.807, 2.05) is 56.3 Å². The average Bonchev–Trinajstić information content (AvgIpc) is 3.86. The van der Waals surface area contributed by atoms with E-state index in [2.05, 4.69) is 37.2 Å². The molecule has 4 heterocycles. The van der Waals surface area contributed by atoms with Crippen LogP contribution in [0.1, 0.15) is 31.9 Å². The van der Waals surface area contributed by atoms with Gasteiger partial charge in [-0.3, -0.25) is 0 Å². The fourth-order valence-corrected chi connectivity index (χ4v) is 8.47. The van der Waals surface area contributed by atoms with Crippen molar-refractivity contribution >= 4 is 21.2 Å². The summed E-state index contributed by atoms with van der Waals surface area (Å²) in [7, 11) is -3.84. The van der Waals surface area contributed by atoms with Crippen molar-refractivity contribution < 1.29 is 17.9 Å². The summed E-state index contributed by atoms with van der Waals surface area (Å²) in [6.07, 6.45) is 5.45. The lowest BCUT2D eigenvalue weighted by Gasteiger charge is -2.37. The number of rotatable bonds is 11. The summed E-state index contributed by atoms with van der Waals surface area (Å²) in [4.78, 5) is 17.2. The van der Waals surface area contributed by atoms with Gasteiger partial charge < -0.3 is 19.3 Å². The first-order valence-corrected chi connectivity index (χ1v) is 18.1. The molecule has 2 fully saturated rings. The standard InChI is InChI=1S/C35H40N8O5S/c1-3-27(2)43-34(44)41(26-38-43)31-11-9-29(10-12-31)39-19-21-40(22-20-39)30-13-15-32(16-14-30)47-23-33-24-48-35(49(33,45)46,25-42-36-17-18-37-42)28-7-5-4-6-8-28/h4-18,26-27,33H,3,19-25H2,1-2H3/t27?,33-,35-/m1/s1. The average molecular weight is 685 g/mol. The van der Waals surface area contributed by atoms with E-state index in [0.717, 1.165) is 49.7 Å². The minimum Gasteiger partial charge on any atom is -0.492 e. The molecule has 0 aliphatic carbocycles. The van der Waals surface area contributed by atoms with Gasteiger partial charge in [0, 0.05) is 43.1 Å². The molecular weight excluding hydrogens is 645 g/mol. The molecule has 3 atom stereocenters. The van der Waals surface area contributed by atoms with Crippen molar-refractivity contribution in [3.8, 4) is 11.4 Å². The van der Waals surface area contributed by atoms with Crippen LogP contribution in [-0.2, 0) is 26.1 Å². The molecule has 2 aliphatic rings. The molecule has 256 valence electrons. The Labute approximate surface area is 285 Å². The molecule has 0 saturated carbocycles. The molecule has 0 radical (unpaired) electrons. The van der Waals surface area contributed by atoms with Crippen LogP contribution >= 0.6 is 0 Å². The highest BCUT2D eigenvalue weighted by molar-refractivity contribution is 7.93. The predicted molar refractivity (Wildman–Crippen MR) is 186 cm³/mol. The number of benzene rings is 3. The number of ether oxygens (including phenoxy) is 2. The summed E-state index contributed by atoms with van der Waals surface area (Å²) in [6, 6.07) is 24.8. The third-order valence-electron chi connectivity index (χ3n) is 9.54. The molecule has 0 N–H and O–H groups in total. The molecule has 2 aromatic heterocycles. The zero-order valence-electron chi connectivity index (χ0n) is 27.6. The summed E-state index contributed by atoms with van der Waals surface area (Å²) in [5, 5.41) is 11.7. The second-order valence-corrected chi connectivity index (χ2v) is 14.9. The highest BCUT2D eigenvalue weighted by Crippen LogP contribution is 2.42. The zero-order chi connectivity index (χ0) is 34.0. The number of piperazine rings is 1. The summed E-state index contributed by atoms with van der Waals surface area (Å²) < 4.78 is 43.2. The number of nitrogens with zero attached hydrogens (tertiary/aromatic N) is 8. The summed E-state index contributed by atoms with van der Waals surface area (Å²) in [6.45, 7) is 7.32. The fourth-order valence-electron chi connectivity index (χ4n) is 6.44. The minimum absolute atomic E-state index is 0.00502. The lowest BCUT2D eigenvalue weighted by Crippen LogP contribution is -2.46. The van der Waals surface area contributed by atoms with Gasteiger partial charge in [-0.25, -0.2) is 22.5 Å². The van der Waals surface area contributed by atoms with Crippen molar-refractivity contribution in [2.24, 2.45) is 0 Å². The molecule has 2 aliphatic heterocycles. The normalized spacial score (nSPS) is 21.1. The Balaban J connectivity index is 0.948. The van der Waals surface area contributed by atoms with E-state index in [1.165, 1.54) is 21.9 Å². The topological polar surface area (TPSA) is 130 Å². The van der Waals surface area contributed by atoms with E-state index >= 15 is 0 Å².